The van der Waals surface area contributed by atoms with E-state index in [4.69, 9.17) is 21.4 Å². The second-order valence-electron chi connectivity index (χ2n) is 7.89. The summed E-state index contributed by atoms with van der Waals surface area (Å²) in [6.45, 7) is -0.509. The van der Waals surface area contributed by atoms with E-state index in [1.807, 2.05) is 0 Å². The zero-order valence-corrected chi connectivity index (χ0v) is 18.6. The number of nitroso groups, excluding NO2 is 1. The lowest BCUT2D eigenvalue weighted by Crippen LogP contribution is -2.30. The molecule has 10 nitrogen and oxygen atoms in total. The van der Waals surface area contributed by atoms with Crippen LogP contribution in [0.15, 0.2) is 47.8 Å². The van der Waals surface area contributed by atoms with Gasteiger partial charge in [0.25, 0.3) is 0 Å². The smallest absolute Gasteiger partial charge is 0.319 e. The highest BCUT2D eigenvalue weighted by Crippen LogP contribution is 2.34. The van der Waals surface area contributed by atoms with Crippen LogP contribution >= 0.6 is 11.6 Å². The number of nitrogens with zero attached hydrogens (tertiary/aromatic N) is 2. The first-order chi connectivity index (χ1) is 16.4. The summed E-state index contributed by atoms with van der Waals surface area (Å²) < 4.78 is 5.96. The summed E-state index contributed by atoms with van der Waals surface area (Å²) >= 11 is 6.31. The van der Waals surface area contributed by atoms with Crippen molar-refractivity contribution in [1.29, 1.82) is 0 Å². The largest absolute Gasteiger partial charge is 0.457 e. The number of rotatable bonds is 8. The minimum absolute atomic E-state index is 0.0212. The van der Waals surface area contributed by atoms with Crippen molar-refractivity contribution in [3.05, 3.63) is 63.7 Å². The Hall–Kier alpha value is -3.60. The van der Waals surface area contributed by atoms with Gasteiger partial charge >= 0.3 is 11.9 Å². The Kier molecular flexibility index (Phi) is 7.01. The third-order valence-electron chi connectivity index (χ3n) is 5.24. The molecule has 1 atom stereocenters. The summed E-state index contributed by atoms with van der Waals surface area (Å²) in [5.74, 6) is -0.311. The maximum absolute atomic E-state index is 12.1. The highest BCUT2D eigenvalue weighted by molar-refractivity contribution is 6.33. The van der Waals surface area contributed by atoms with Crippen LogP contribution in [0, 0.1) is 4.91 Å². The molecular formula is C23H21ClN4O6. The topological polar surface area (TPSA) is 150 Å². The Morgan fingerprint density at radius 3 is 2.71 bits per heavy atom. The molecule has 3 aromatic rings. The molecule has 176 valence electrons. The van der Waals surface area contributed by atoms with Crippen LogP contribution in [0.4, 0.5) is 10.5 Å². The lowest BCUT2D eigenvalue weighted by Gasteiger charge is -2.14. The van der Waals surface area contributed by atoms with Gasteiger partial charge < -0.3 is 25.6 Å². The molecule has 34 heavy (non-hydrogen) atoms. The number of fused-ring (bicyclic) bond motifs is 1. The van der Waals surface area contributed by atoms with Crippen LogP contribution in [0.25, 0.3) is 10.9 Å². The van der Waals surface area contributed by atoms with Crippen LogP contribution < -0.4 is 15.4 Å². The average molecular weight is 485 g/mol. The second-order valence-corrected chi connectivity index (χ2v) is 8.30. The van der Waals surface area contributed by atoms with E-state index in [0.717, 1.165) is 12.8 Å². The lowest BCUT2D eigenvalue weighted by atomic mass is 9.98. The van der Waals surface area contributed by atoms with E-state index < -0.39 is 18.6 Å². The second kappa shape index (κ2) is 10.1. The van der Waals surface area contributed by atoms with Gasteiger partial charge in [0.1, 0.15) is 11.5 Å². The summed E-state index contributed by atoms with van der Waals surface area (Å²) in [4.78, 5) is 39.3. The molecule has 1 saturated carbocycles. The highest BCUT2D eigenvalue weighted by atomic mass is 35.5. The van der Waals surface area contributed by atoms with Crippen molar-refractivity contribution >= 4 is 40.1 Å². The Labute approximate surface area is 198 Å². The Bertz CT molecular complexity index is 1260. The van der Waals surface area contributed by atoms with Crippen LogP contribution in [0.3, 0.4) is 0 Å². The number of nitrogens with one attached hydrogen (secondary N) is 2. The standard InChI is InChI=1S/C23H21ClN4O6/c24-18-9-15(3-4-19(18)27-23(32)26-13-1-2-13)34-21-5-6-25-20-8-12(7-14(30)11-29)16(10-17(20)21)22(31)28-33/h3-6,8-10,13-14,29-30H,1-2,7,11H2,(H2,26,27,32)/t14-/m0/s1. The van der Waals surface area contributed by atoms with Gasteiger partial charge in [0.2, 0.25) is 0 Å². The van der Waals surface area contributed by atoms with Crippen molar-refractivity contribution < 1.29 is 24.5 Å². The third kappa shape index (κ3) is 5.48. The van der Waals surface area contributed by atoms with Gasteiger partial charge in [-0.05, 0) is 48.7 Å². The monoisotopic (exact) mass is 484 g/mol. The third-order valence-corrected chi connectivity index (χ3v) is 5.55. The van der Waals surface area contributed by atoms with Gasteiger partial charge in [-0.2, -0.15) is 0 Å². The predicted octanol–water partition coefficient (Wildman–Crippen LogP) is 3.77. The van der Waals surface area contributed by atoms with E-state index in [-0.39, 0.29) is 29.1 Å². The fourth-order valence-corrected chi connectivity index (χ4v) is 3.61. The van der Waals surface area contributed by atoms with E-state index in [0.29, 0.717) is 33.7 Å². The average Bonchev–Trinajstić information content (AvgIpc) is 3.64. The molecular weight excluding hydrogens is 464 g/mol. The molecule has 0 aliphatic heterocycles. The van der Waals surface area contributed by atoms with Gasteiger partial charge in [0.15, 0.2) is 0 Å². The fourth-order valence-electron chi connectivity index (χ4n) is 3.39. The number of urea groups is 1. The molecule has 11 heteroatoms. The van der Waals surface area contributed by atoms with Crippen molar-refractivity contribution in [1.82, 2.24) is 10.3 Å². The number of carbonyl (C=O) groups is 2. The molecule has 0 radical (unpaired) electrons. The molecule has 0 spiro atoms. The van der Waals surface area contributed by atoms with Crippen LogP contribution in [0.1, 0.15) is 28.8 Å². The minimum atomic E-state index is -1.12. The molecule has 1 fully saturated rings. The number of anilines is 1. The summed E-state index contributed by atoms with van der Waals surface area (Å²) in [7, 11) is 0. The van der Waals surface area contributed by atoms with Gasteiger partial charge in [-0.25, -0.2) is 4.79 Å². The molecule has 1 heterocycles. The zero-order chi connectivity index (χ0) is 24.2. The molecule has 0 saturated heterocycles. The maximum atomic E-state index is 12.1. The quantitative estimate of drug-likeness (QED) is 0.355. The number of aromatic nitrogens is 1. The lowest BCUT2D eigenvalue weighted by molar-refractivity contribution is 0.0940. The number of carbonyl (C=O) groups excluding carboxylic acids is 2. The van der Waals surface area contributed by atoms with E-state index in [2.05, 4.69) is 20.8 Å². The Balaban J connectivity index is 1.62. The number of halogens is 1. The first-order valence-electron chi connectivity index (χ1n) is 10.5. The fraction of sp³-hybridized carbons (Fsp3) is 0.261. The van der Waals surface area contributed by atoms with Crippen LogP contribution in [0.2, 0.25) is 5.02 Å². The number of aliphatic hydroxyl groups excluding tert-OH is 2. The summed E-state index contributed by atoms with van der Waals surface area (Å²) in [5, 5.41) is 27.6. The Morgan fingerprint density at radius 2 is 2.03 bits per heavy atom. The normalized spacial score (nSPS) is 13.9. The van der Waals surface area contributed by atoms with Gasteiger partial charge in [0.05, 0.1) is 28.9 Å². The summed E-state index contributed by atoms with van der Waals surface area (Å²) in [6, 6.07) is 9.17. The van der Waals surface area contributed by atoms with E-state index in [1.165, 1.54) is 24.4 Å². The molecule has 4 N–H and O–H groups in total. The van der Waals surface area contributed by atoms with E-state index in [1.54, 1.807) is 18.2 Å². The molecule has 1 aromatic heterocycles. The number of amides is 3. The van der Waals surface area contributed by atoms with Gasteiger partial charge in [-0.15, -0.1) is 4.91 Å². The van der Waals surface area contributed by atoms with Gasteiger partial charge in [0, 0.05) is 40.9 Å². The van der Waals surface area contributed by atoms with Crippen molar-refractivity contribution in [2.75, 3.05) is 11.9 Å². The molecule has 0 bridgehead atoms. The van der Waals surface area contributed by atoms with Crippen molar-refractivity contribution in [2.24, 2.45) is 5.18 Å². The summed E-state index contributed by atoms with van der Waals surface area (Å²) in [5.41, 5.74) is 1.17. The Morgan fingerprint density at radius 1 is 1.24 bits per heavy atom. The number of benzene rings is 2. The van der Waals surface area contributed by atoms with Crippen LogP contribution in [-0.4, -0.2) is 45.9 Å². The van der Waals surface area contributed by atoms with Gasteiger partial charge in [-0.1, -0.05) is 11.6 Å². The number of aliphatic hydroxyl groups is 2. The van der Waals surface area contributed by atoms with Gasteiger partial charge in [-0.3, -0.25) is 9.78 Å². The number of hydrogen-bond acceptors (Lipinski definition) is 7. The molecule has 2 aromatic carbocycles. The zero-order valence-electron chi connectivity index (χ0n) is 17.8. The van der Waals surface area contributed by atoms with E-state index in [9.17, 15) is 19.6 Å². The molecule has 4 rings (SSSR count). The van der Waals surface area contributed by atoms with Crippen LogP contribution in [-0.2, 0) is 6.42 Å². The van der Waals surface area contributed by atoms with Crippen molar-refractivity contribution in [3.8, 4) is 11.5 Å². The maximum Gasteiger partial charge on any atom is 0.319 e. The minimum Gasteiger partial charge on any atom is -0.457 e. The summed E-state index contributed by atoms with van der Waals surface area (Å²) in [6.07, 6.45) is 2.26. The van der Waals surface area contributed by atoms with E-state index >= 15 is 0 Å². The SMILES string of the molecule is O=NC(=O)c1cc2c(Oc3ccc(NC(=O)NC4CC4)c(Cl)c3)ccnc2cc1C[C@H](O)CO. The number of hydrogen-bond donors (Lipinski definition) is 4. The predicted molar refractivity (Wildman–Crippen MR) is 125 cm³/mol. The highest BCUT2D eigenvalue weighted by Gasteiger charge is 2.23. The van der Waals surface area contributed by atoms with Crippen molar-refractivity contribution in [3.63, 3.8) is 0 Å². The first-order valence-corrected chi connectivity index (χ1v) is 10.9. The van der Waals surface area contributed by atoms with Crippen molar-refractivity contribution in [2.45, 2.75) is 31.4 Å². The molecule has 0 unspecified atom stereocenters. The number of pyridine rings is 1. The first kappa shape index (κ1) is 23.6. The molecule has 1 aliphatic rings. The molecule has 3 amide bonds. The van der Waals surface area contributed by atoms with Crippen LogP contribution in [0.5, 0.6) is 11.5 Å². The molecule has 1 aliphatic carbocycles. The number of ether oxygens (including phenoxy) is 1.